The molecule has 1 unspecified atom stereocenters. The fourth-order valence-corrected chi connectivity index (χ4v) is 2.28. The predicted molar refractivity (Wildman–Crippen MR) is 71.8 cm³/mol. The number of rotatable bonds is 4. The zero-order valence-corrected chi connectivity index (χ0v) is 11.5. The van der Waals surface area contributed by atoms with Gasteiger partial charge in [0.05, 0.1) is 0 Å². The van der Waals surface area contributed by atoms with E-state index in [-0.39, 0.29) is 5.91 Å². The quantitative estimate of drug-likeness (QED) is 0.894. The first kappa shape index (κ1) is 12.6. The Morgan fingerprint density at radius 1 is 1.53 bits per heavy atom. The molecule has 1 aromatic rings. The van der Waals surface area contributed by atoms with Crippen molar-refractivity contribution in [1.29, 1.82) is 0 Å². The lowest BCUT2D eigenvalue weighted by atomic mass is 10.1. The lowest BCUT2D eigenvalue weighted by Gasteiger charge is -2.11. The lowest BCUT2D eigenvalue weighted by molar-refractivity contribution is -0.119. The van der Waals surface area contributed by atoms with E-state index in [1.165, 1.54) is 11.1 Å². The van der Waals surface area contributed by atoms with Crippen molar-refractivity contribution < 1.29 is 4.79 Å². The van der Waals surface area contributed by atoms with Crippen molar-refractivity contribution in [2.75, 3.05) is 6.54 Å². The normalized spacial score (nSPS) is 19.4. The Hall–Kier alpha value is -0.870. The van der Waals surface area contributed by atoms with Gasteiger partial charge in [-0.1, -0.05) is 28.1 Å². The SMILES string of the molecule is Cc1cc(CNCC2CCC(=O)N2)ccc1Br. The summed E-state index contributed by atoms with van der Waals surface area (Å²) in [6.45, 7) is 3.78. The molecule has 92 valence electrons. The molecule has 0 radical (unpaired) electrons. The first-order chi connectivity index (χ1) is 8.15. The molecule has 1 heterocycles. The second-order valence-electron chi connectivity index (χ2n) is 4.52. The van der Waals surface area contributed by atoms with Crippen molar-refractivity contribution in [2.45, 2.75) is 32.4 Å². The second kappa shape index (κ2) is 5.65. The highest BCUT2D eigenvalue weighted by atomic mass is 79.9. The Morgan fingerprint density at radius 3 is 3.00 bits per heavy atom. The van der Waals surface area contributed by atoms with Crippen molar-refractivity contribution in [2.24, 2.45) is 0 Å². The third-order valence-corrected chi connectivity index (χ3v) is 3.92. The first-order valence-electron chi connectivity index (χ1n) is 5.90. The minimum atomic E-state index is 0.177. The van der Waals surface area contributed by atoms with Crippen LogP contribution in [-0.2, 0) is 11.3 Å². The van der Waals surface area contributed by atoms with Gasteiger partial charge < -0.3 is 10.6 Å². The molecule has 3 nitrogen and oxygen atoms in total. The average molecular weight is 297 g/mol. The highest BCUT2D eigenvalue weighted by molar-refractivity contribution is 9.10. The molecule has 1 aliphatic heterocycles. The van der Waals surface area contributed by atoms with Gasteiger partial charge in [-0.2, -0.15) is 0 Å². The number of amides is 1. The molecule has 1 fully saturated rings. The summed E-state index contributed by atoms with van der Waals surface area (Å²) in [5, 5.41) is 6.33. The van der Waals surface area contributed by atoms with E-state index in [0.717, 1.165) is 24.0 Å². The number of benzene rings is 1. The Morgan fingerprint density at radius 2 is 2.35 bits per heavy atom. The number of hydrogen-bond acceptors (Lipinski definition) is 2. The molecule has 1 aromatic carbocycles. The van der Waals surface area contributed by atoms with Crippen LogP contribution in [-0.4, -0.2) is 18.5 Å². The molecular formula is C13H17BrN2O. The number of aryl methyl sites for hydroxylation is 1. The van der Waals surface area contributed by atoms with Crippen molar-refractivity contribution in [1.82, 2.24) is 10.6 Å². The largest absolute Gasteiger partial charge is 0.352 e. The van der Waals surface area contributed by atoms with Crippen LogP contribution in [0.15, 0.2) is 22.7 Å². The van der Waals surface area contributed by atoms with Crippen LogP contribution in [0.1, 0.15) is 24.0 Å². The standard InChI is InChI=1S/C13H17BrN2O/c1-9-6-10(2-4-12(9)14)7-15-8-11-3-5-13(17)16-11/h2,4,6,11,15H,3,5,7-8H2,1H3,(H,16,17). The van der Waals surface area contributed by atoms with Gasteiger partial charge in [-0.3, -0.25) is 4.79 Å². The van der Waals surface area contributed by atoms with E-state index in [1.54, 1.807) is 0 Å². The number of carbonyl (C=O) groups is 1. The number of nitrogens with one attached hydrogen (secondary N) is 2. The summed E-state index contributed by atoms with van der Waals surface area (Å²) >= 11 is 3.49. The molecule has 1 aliphatic rings. The van der Waals surface area contributed by atoms with Crippen LogP contribution in [0.25, 0.3) is 0 Å². The maximum atomic E-state index is 11.0. The van der Waals surface area contributed by atoms with Crippen molar-refractivity contribution in [3.05, 3.63) is 33.8 Å². The van der Waals surface area contributed by atoms with Crippen molar-refractivity contribution in [3.63, 3.8) is 0 Å². The monoisotopic (exact) mass is 296 g/mol. The van der Waals surface area contributed by atoms with E-state index in [9.17, 15) is 4.79 Å². The average Bonchev–Trinajstić information content (AvgIpc) is 2.70. The Balaban J connectivity index is 1.78. The number of hydrogen-bond donors (Lipinski definition) is 2. The van der Waals surface area contributed by atoms with Crippen LogP contribution >= 0.6 is 15.9 Å². The molecule has 17 heavy (non-hydrogen) atoms. The molecule has 0 bridgehead atoms. The van der Waals surface area contributed by atoms with Gasteiger partial charge in [0.2, 0.25) is 5.91 Å². The fraction of sp³-hybridized carbons (Fsp3) is 0.462. The molecule has 0 aliphatic carbocycles. The summed E-state index contributed by atoms with van der Waals surface area (Å²) in [6, 6.07) is 6.66. The molecule has 2 rings (SSSR count). The maximum absolute atomic E-state index is 11.0. The van der Waals surface area contributed by atoms with E-state index in [4.69, 9.17) is 0 Å². The Labute approximate surface area is 110 Å². The zero-order chi connectivity index (χ0) is 12.3. The highest BCUT2D eigenvalue weighted by Crippen LogP contribution is 2.17. The van der Waals surface area contributed by atoms with Crippen LogP contribution in [0, 0.1) is 6.92 Å². The van der Waals surface area contributed by atoms with Crippen LogP contribution in [0.3, 0.4) is 0 Å². The fourth-order valence-electron chi connectivity index (χ4n) is 2.04. The third kappa shape index (κ3) is 3.54. The van der Waals surface area contributed by atoms with Crippen LogP contribution in [0.5, 0.6) is 0 Å². The van der Waals surface area contributed by atoms with Crippen LogP contribution in [0.2, 0.25) is 0 Å². The number of halogens is 1. The first-order valence-corrected chi connectivity index (χ1v) is 6.69. The summed E-state index contributed by atoms with van der Waals surface area (Å²) in [7, 11) is 0. The maximum Gasteiger partial charge on any atom is 0.220 e. The van der Waals surface area contributed by atoms with Gasteiger partial charge in [0.15, 0.2) is 0 Å². The van der Waals surface area contributed by atoms with E-state index in [1.807, 2.05) is 0 Å². The third-order valence-electron chi connectivity index (χ3n) is 3.03. The Bertz CT molecular complexity index is 420. The van der Waals surface area contributed by atoms with Gasteiger partial charge in [-0.05, 0) is 30.5 Å². The summed E-state index contributed by atoms with van der Waals surface area (Å²) in [6.07, 6.45) is 1.62. The zero-order valence-electron chi connectivity index (χ0n) is 9.92. The smallest absolute Gasteiger partial charge is 0.220 e. The molecule has 0 saturated carbocycles. The highest BCUT2D eigenvalue weighted by Gasteiger charge is 2.19. The van der Waals surface area contributed by atoms with E-state index in [0.29, 0.717) is 12.5 Å². The molecule has 0 aromatic heterocycles. The van der Waals surface area contributed by atoms with Crippen LogP contribution in [0.4, 0.5) is 0 Å². The summed E-state index contributed by atoms with van der Waals surface area (Å²) in [5.41, 5.74) is 2.52. The molecule has 4 heteroatoms. The van der Waals surface area contributed by atoms with Gasteiger partial charge >= 0.3 is 0 Å². The van der Waals surface area contributed by atoms with Crippen molar-refractivity contribution in [3.8, 4) is 0 Å². The molecule has 0 spiro atoms. The second-order valence-corrected chi connectivity index (χ2v) is 5.37. The summed E-state index contributed by atoms with van der Waals surface area (Å²) < 4.78 is 1.14. The van der Waals surface area contributed by atoms with Crippen molar-refractivity contribution >= 4 is 21.8 Å². The Kier molecular flexibility index (Phi) is 4.18. The van der Waals surface area contributed by atoms with Gasteiger partial charge in [0.25, 0.3) is 0 Å². The van der Waals surface area contributed by atoms with E-state index < -0.39 is 0 Å². The van der Waals surface area contributed by atoms with Gasteiger partial charge in [0.1, 0.15) is 0 Å². The topological polar surface area (TPSA) is 41.1 Å². The summed E-state index contributed by atoms with van der Waals surface area (Å²) in [4.78, 5) is 11.0. The molecule has 1 amide bonds. The van der Waals surface area contributed by atoms with Gasteiger partial charge in [0, 0.05) is 30.0 Å². The molecule has 2 N–H and O–H groups in total. The van der Waals surface area contributed by atoms with Gasteiger partial charge in [-0.25, -0.2) is 0 Å². The van der Waals surface area contributed by atoms with Gasteiger partial charge in [-0.15, -0.1) is 0 Å². The minimum absolute atomic E-state index is 0.177. The predicted octanol–water partition coefficient (Wildman–Crippen LogP) is 2.13. The van der Waals surface area contributed by atoms with E-state index in [2.05, 4.69) is 51.7 Å². The molecular weight excluding hydrogens is 280 g/mol. The molecule has 1 atom stereocenters. The lowest BCUT2D eigenvalue weighted by Crippen LogP contribution is -2.35. The van der Waals surface area contributed by atoms with Crippen LogP contribution < -0.4 is 10.6 Å². The summed E-state index contributed by atoms with van der Waals surface area (Å²) in [5.74, 6) is 0.177. The van der Waals surface area contributed by atoms with E-state index >= 15 is 0 Å². The number of carbonyl (C=O) groups excluding carboxylic acids is 1. The minimum Gasteiger partial charge on any atom is -0.352 e. The molecule has 1 saturated heterocycles.